The molecular formula is C24H28N2O3S. The average molecular weight is 425 g/mol. The van der Waals surface area contributed by atoms with Crippen LogP contribution >= 0.6 is 0 Å². The summed E-state index contributed by atoms with van der Waals surface area (Å²) in [6.45, 7) is 2.04. The second-order valence-electron chi connectivity index (χ2n) is 8.94. The molecule has 6 heteroatoms. The number of benzene rings is 2. The van der Waals surface area contributed by atoms with Crippen LogP contribution in [0.2, 0.25) is 0 Å². The van der Waals surface area contributed by atoms with Gasteiger partial charge in [0.25, 0.3) is 10.0 Å². The van der Waals surface area contributed by atoms with Gasteiger partial charge in [-0.15, -0.1) is 0 Å². The normalized spacial score (nSPS) is 21.0. The van der Waals surface area contributed by atoms with Crippen LogP contribution < -0.4 is 9.62 Å². The lowest BCUT2D eigenvalue weighted by Crippen LogP contribution is -2.42. The number of nitrogens with zero attached hydrogens (tertiary/aromatic N) is 1. The van der Waals surface area contributed by atoms with E-state index in [9.17, 15) is 13.2 Å². The zero-order valence-electron chi connectivity index (χ0n) is 17.4. The average Bonchev–Trinajstić information content (AvgIpc) is 3.01. The number of rotatable bonds is 4. The van der Waals surface area contributed by atoms with Crippen LogP contribution in [0, 0.1) is 5.92 Å². The Balaban J connectivity index is 1.43. The number of carbonyl (C=O) groups is 1. The van der Waals surface area contributed by atoms with E-state index in [1.54, 1.807) is 12.1 Å². The van der Waals surface area contributed by atoms with Crippen molar-refractivity contribution < 1.29 is 13.2 Å². The maximum absolute atomic E-state index is 13.2. The molecule has 1 amide bonds. The van der Waals surface area contributed by atoms with Crippen LogP contribution in [0.4, 0.5) is 11.4 Å². The molecule has 0 aromatic heterocycles. The maximum Gasteiger partial charge on any atom is 0.261 e. The summed E-state index contributed by atoms with van der Waals surface area (Å²) in [5.41, 5.74) is 4.88. The number of fused-ring (bicyclic) bond motifs is 2. The van der Waals surface area contributed by atoms with Crippen molar-refractivity contribution in [2.24, 2.45) is 5.92 Å². The predicted molar refractivity (Wildman–Crippen MR) is 118 cm³/mol. The number of anilines is 2. The summed E-state index contributed by atoms with van der Waals surface area (Å²) in [5, 5.41) is 0. The molecule has 1 atom stereocenters. The van der Waals surface area contributed by atoms with Crippen LogP contribution in [0.25, 0.3) is 0 Å². The van der Waals surface area contributed by atoms with Crippen LogP contribution in [-0.4, -0.2) is 20.4 Å². The van der Waals surface area contributed by atoms with Gasteiger partial charge in [-0.3, -0.25) is 9.52 Å². The molecule has 3 aliphatic rings. The van der Waals surface area contributed by atoms with E-state index in [0.29, 0.717) is 12.1 Å². The molecule has 2 aromatic rings. The fourth-order valence-corrected chi connectivity index (χ4v) is 6.19. The van der Waals surface area contributed by atoms with Gasteiger partial charge in [-0.1, -0.05) is 18.6 Å². The first kappa shape index (κ1) is 19.6. The molecule has 0 unspecified atom stereocenters. The molecule has 1 N–H and O–H groups in total. The summed E-state index contributed by atoms with van der Waals surface area (Å²) >= 11 is 0. The van der Waals surface area contributed by atoms with Crippen molar-refractivity contribution in [3.8, 4) is 0 Å². The van der Waals surface area contributed by atoms with E-state index in [-0.39, 0.29) is 22.8 Å². The lowest BCUT2D eigenvalue weighted by atomic mass is 9.84. The van der Waals surface area contributed by atoms with E-state index < -0.39 is 10.0 Å². The Morgan fingerprint density at radius 2 is 1.83 bits per heavy atom. The molecule has 30 heavy (non-hydrogen) atoms. The Morgan fingerprint density at radius 1 is 1.03 bits per heavy atom. The smallest absolute Gasteiger partial charge is 0.261 e. The molecular weight excluding hydrogens is 396 g/mol. The number of carbonyl (C=O) groups excluding carboxylic acids is 1. The van der Waals surface area contributed by atoms with E-state index in [1.807, 2.05) is 30.0 Å². The Bertz CT molecular complexity index is 1110. The second-order valence-corrected chi connectivity index (χ2v) is 10.6. The summed E-state index contributed by atoms with van der Waals surface area (Å²) in [7, 11) is -3.69. The quantitative estimate of drug-likeness (QED) is 0.789. The molecule has 1 saturated carbocycles. The van der Waals surface area contributed by atoms with Gasteiger partial charge in [0.15, 0.2) is 0 Å². The largest absolute Gasteiger partial charge is 0.309 e. The standard InChI is InChI=1S/C24H28N2O3S/c1-16-14-19-15-20(12-13-23(19)26(16)24(27)18-8-4-9-18)30(28,29)25-22-11-5-7-17-6-2-3-10-21(17)22/h5,7,11-13,15-16,18,25H,2-4,6,8-10,14H2,1H3/t16-/m0/s1. The number of aryl methyl sites for hydroxylation is 1. The van der Waals surface area contributed by atoms with Crippen molar-refractivity contribution >= 4 is 27.3 Å². The van der Waals surface area contributed by atoms with E-state index in [2.05, 4.69) is 10.8 Å². The van der Waals surface area contributed by atoms with Crippen molar-refractivity contribution in [1.29, 1.82) is 0 Å². The Labute approximate surface area is 178 Å². The Kier molecular flexibility index (Phi) is 4.85. The first-order chi connectivity index (χ1) is 14.4. The van der Waals surface area contributed by atoms with Crippen molar-refractivity contribution in [1.82, 2.24) is 0 Å². The van der Waals surface area contributed by atoms with Crippen LogP contribution in [-0.2, 0) is 34.1 Å². The highest BCUT2D eigenvalue weighted by Crippen LogP contribution is 2.38. The SMILES string of the molecule is C[C@H]1Cc2cc(S(=O)(=O)Nc3cccc4c3CCCC4)ccc2N1C(=O)C1CCC1. The number of nitrogens with one attached hydrogen (secondary N) is 1. The molecule has 5 nitrogen and oxygen atoms in total. The zero-order chi connectivity index (χ0) is 20.9. The topological polar surface area (TPSA) is 66.5 Å². The predicted octanol–water partition coefficient (Wildman–Crippen LogP) is 4.44. The number of amides is 1. The molecule has 2 aliphatic carbocycles. The van der Waals surface area contributed by atoms with Gasteiger partial charge in [0.2, 0.25) is 5.91 Å². The molecule has 1 heterocycles. The lowest BCUT2D eigenvalue weighted by molar-refractivity contribution is -0.125. The number of sulfonamides is 1. The van der Waals surface area contributed by atoms with Gasteiger partial charge in [-0.25, -0.2) is 8.42 Å². The van der Waals surface area contributed by atoms with Crippen LogP contribution in [0.15, 0.2) is 41.3 Å². The van der Waals surface area contributed by atoms with Gasteiger partial charge in [-0.2, -0.15) is 0 Å². The minimum Gasteiger partial charge on any atom is -0.309 e. The molecule has 0 spiro atoms. The molecule has 5 rings (SSSR count). The highest BCUT2D eigenvalue weighted by Gasteiger charge is 2.37. The van der Waals surface area contributed by atoms with E-state index in [0.717, 1.165) is 61.8 Å². The van der Waals surface area contributed by atoms with Crippen LogP contribution in [0.1, 0.15) is 55.7 Å². The third kappa shape index (κ3) is 3.31. The van der Waals surface area contributed by atoms with Crippen LogP contribution in [0.5, 0.6) is 0 Å². The van der Waals surface area contributed by atoms with Crippen molar-refractivity contribution in [3.05, 3.63) is 53.1 Å². The van der Waals surface area contributed by atoms with Gasteiger partial charge in [0, 0.05) is 17.6 Å². The van der Waals surface area contributed by atoms with Crippen LogP contribution in [0.3, 0.4) is 0 Å². The Morgan fingerprint density at radius 3 is 2.60 bits per heavy atom. The summed E-state index contributed by atoms with van der Waals surface area (Å²) in [5.74, 6) is 0.324. The molecule has 0 radical (unpaired) electrons. The minimum atomic E-state index is -3.69. The lowest BCUT2D eigenvalue weighted by Gasteiger charge is -2.32. The monoisotopic (exact) mass is 424 g/mol. The van der Waals surface area contributed by atoms with Gasteiger partial charge in [0.1, 0.15) is 0 Å². The first-order valence-corrected chi connectivity index (χ1v) is 12.5. The first-order valence-electron chi connectivity index (χ1n) is 11.0. The van der Waals surface area contributed by atoms with Crippen molar-refractivity contribution in [2.45, 2.75) is 69.2 Å². The third-order valence-corrected chi connectivity index (χ3v) is 8.27. The summed E-state index contributed by atoms with van der Waals surface area (Å²) in [4.78, 5) is 15.0. The molecule has 158 valence electrons. The van der Waals surface area contributed by atoms with E-state index >= 15 is 0 Å². The second kappa shape index (κ2) is 7.41. The maximum atomic E-state index is 13.2. The molecule has 0 bridgehead atoms. The van der Waals surface area contributed by atoms with Crippen molar-refractivity contribution in [3.63, 3.8) is 0 Å². The van der Waals surface area contributed by atoms with E-state index in [1.165, 1.54) is 5.56 Å². The fourth-order valence-electron chi connectivity index (χ4n) is 5.04. The Hall–Kier alpha value is -2.34. The third-order valence-electron chi connectivity index (χ3n) is 6.91. The van der Waals surface area contributed by atoms with Gasteiger partial charge >= 0.3 is 0 Å². The van der Waals surface area contributed by atoms with E-state index in [4.69, 9.17) is 0 Å². The van der Waals surface area contributed by atoms with Gasteiger partial charge < -0.3 is 4.90 Å². The van der Waals surface area contributed by atoms with Gasteiger partial charge in [0.05, 0.1) is 10.6 Å². The highest BCUT2D eigenvalue weighted by atomic mass is 32.2. The summed E-state index contributed by atoms with van der Waals surface area (Å²) < 4.78 is 29.1. The molecule has 0 saturated heterocycles. The number of hydrogen-bond donors (Lipinski definition) is 1. The summed E-state index contributed by atoms with van der Waals surface area (Å²) in [6, 6.07) is 11.1. The zero-order valence-corrected chi connectivity index (χ0v) is 18.2. The molecule has 2 aromatic carbocycles. The number of hydrogen-bond acceptors (Lipinski definition) is 3. The summed E-state index contributed by atoms with van der Waals surface area (Å²) in [6.07, 6.45) is 7.91. The fraction of sp³-hybridized carbons (Fsp3) is 0.458. The van der Waals surface area contributed by atoms with Crippen molar-refractivity contribution in [2.75, 3.05) is 9.62 Å². The molecule has 1 aliphatic heterocycles. The highest BCUT2D eigenvalue weighted by molar-refractivity contribution is 7.92. The molecule has 1 fully saturated rings. The van der Waals surface area contributed by atoms with Gasteiger partial charge in [-0.05, 0) is 92.8 Å². The minimum absolute atomic E-state index is 0.0696.